The first-order valence-corrected chi connectivity index (χ1v) is 11.0. The number of aromatic nitrogens is 1. The first-order valence-electron chi connectivity index (χ1n) is 11.0. The summed E-state index contributed by atoms with van der Waals surface area (Å²) in [6.07, 6.45) is 0.0586. The summed E-state index contributed by atoms with van der Waals surface area (Å²) in [4.78, 5) is 17.0. The predicted molar refractivity (Wildman–Crippen MR) is 121 cm³/mol. The SMILES string of the molecule is Cc1c(-c2cc(C(=O)[O-])c3c(OC[C@@H]4CCOC[C@@H]4O)ccc(C)c3n2)oc2ccccc12.[Na+]. The number of aryl methyl sites for hydroxylation is 2. The molecule has 0 unspecified atom stereocenters. The molecule has 1 aliphatic rings. The standard InChI is InChI=1S/C26H25NO6.Na/c1-14-7-8-22(32-12-16-9-10-31-13-20(16)28)23-18(26(29)30)11-19(27-24(14)23)25-15(2)17-5-3-4-6-21(17)33-25;/h3-8,11,16,20,28H,9-10,12-13H2,1-2H3,(H,29,30);/q;+1/p-1/t16-,20-;/m0./s1. The molecule has 8 heteroatoms. The van der Waals surface area contributed by atoms with Crippen LogP contribution in [0.1, 0.15) is 27.9 Å². The average Bonchev–Trinajstić information content (AvgIpc) is 3.15. The molecule has 0 spiro atoms. The molecule has 2 aromatic heterocycles. The van der Waals surface area contributed by atoms with Crippen LogP contribution in [-0.4, -0.2) is 42.0 Å². The van der Waals surface area contributed by atoms with Crippen molar-refractivity contribution in [2.24, 2.45) is 5.92 Å². The summed E-state index contributed by atoms with van der Waals surface area (Å²) in [7, 11) is 0. The molecule has 0 saturated carbocycles. The molecule has 3 heterocycles. The number of benzene rings is 2. The van der Waals surface area contributed by atoms with Crippen LogP contribution in [-0.2, 0) is 4.74 Å². The summed E-state index contributed by atoms with van der Waals surface area (Å²) < 4.78 is 17.3. The van der Waals surface area contributed by atoms with Crippen LogP contribution >= 0.6 is 0 Å². The quantitative estimate of drug-likeness (QED) is 0.422. The van der Waals surface area contributed by atoms with Crippen molar-refractivity contribution < 1.29 is 58.5 Å². The van der Waals surface area contributed by atoms with Gasteiger partial charge in [-0.15, -0.1) is 0 Å². The van der Waals surface area contributed by atoms with Gasteiger partial charge in [0.25, 0.3) is 0 Å². The molecule has 0 amide bonds. The molecule has 1 N–H and O–H groups in total. The van der Waals surface area contributed by atoms with E-state index in [9.17, 15) is 15.0 Å². The van der Waals surface area contributed by atoms with E-state index in [1.54, 1.807) is 6.07 Å². The number of aliphatic hydroxyl groups excluding tert-OH is 1. The van der Waals surface area contributed by atoms with Gasteiger partial charge in [-0.1, -0.05) is 24.3 Å². The van der Waals surface area contributed by atoms with Crippen molar-refractivity contribution in [1.29, 1.82) is 0 Å². The number of carboxylic acids is 1. The normalized spacial score (nSPS) is 18.1. The zero-order valence-corrected chi connectivity index (χ0v) is 21.5. The molecule has 4 aromatic rings. The summed E-state index contributed by atoms with van der Waals surface area (Å²) in [5.74, 6) is -0.489. The van der Waals surface area contributed by atoms with E-state index in [1.807, 2.05) is 44.2 Å². The zero-order valence-electron chi connectivity index (χ0n) is 19.5. The number of hydrogen-bond donors (Lipinski definition) is 1. The zero-order chi connectivity index (χ0) is 23.1. The molecule has 0 radical (unpaired) electrons. The molecule has 2 aromatic carbocycles. The van der Waals surface area contributed by atoms with Crippen LogP contribution in [0.15, 0.2) is 46.9 Å². The van der Waals surface area contributed by atoms with Crippen molar-refractivity contribution in [1.82, 2.24) is 4.98 Å². The van der Waals surface area contributed by atoms with Crippen LogP contribution < -0.4 is 39.4 Å². The molecule has 2 atom stereocenters. The van der Waals surface area contributed by atoms with Gasteiger partial charge in [-0.25, -0.2) is 4.98 Å². The van der Waals surface area contributed by atoms with E-state index < -0.39 is 12.1 Å². The topological polar surface area (TPSA) is 105 Å². The van der Waals surface area contributed by atoms with Crippen LogP contribution in [0.2, 0.25) is 0 Å². The van der Waals surface area contributed by atoms with E-state index in [4.69, 9.17) is 18.9 Å². The van der Waals surface area contributed by atoms with Gasteiger partial charge in [0.1, 0.15) is 17.0 Å². The Kier molecular flexibility index (Phi) is 7.31. The van der Waals surface area contributed by atoms with Crippen LogP contribution in [0.5, 0.6) is 5.75 Å². The van der Waals surface area contributed by atoms with E-state index in [1.165, 1.54) is 6.07 Å². The van der Waals surface area contributed by atoms with Gasteiger partial charge >= 0.3 is 29.6 Å². The maximum Gasteiger partial charge on any atom is 1.00 e. The van der Waals surface area contributed by atoms with E-state index >= 15 is 0 Å². The minimum atomic E-state index is -1.32. The van der Waals surface area contributed by atoms with Crippen LogP contribution in [0, 0.1) is 19.8 Å². The Morgan fingerprint density at radius 2 is 2.03 bits per heavy atom. The Hall–Kier alpha value is -2.42. The van der Waals surface area contributed by atoms with Crippen LogP contribution in [0.25, 0.3) is 33.3 Å². The molecule has 1 aliphatic heterocycles. The Bertz CT molecular complexity index is 1360. The predicted octanol–water partition coefficient (Wildman–Crippen LogP) is 0.409. The van der Waals surface area contributed by atoms with Crippen LogP contribution in [0.4, 0.5) is 0 Å². The van der Waals surface area contributed by atoms with Gasteiger partial charge in [-0.3, -0.25) is 0 Å². The van der Waals surface area contributed by atoms with Gasteiger partial charge in [0.15, 0.2) is 5.76 Å². The maximum absolute atomic E-state index is 12.2. The third kappa shape index (κ3) is 4.46. The molecule has 5 rings (SSSR count). The molecule has 34 heavy (non-hydrogen) atoms. The Morgan fingerprint density at radius 3 is 2.76 bits per heavy atom. The summed E-state index contributed by atoms with van der Waals surface area (Å²) in [5, 5.41) is 23.7. The van der Waals surface area contributed by atoms with Gasteiger partial charge < -0.3 is 28.9 Å². The number of pyridine rings is 1. The molecule has 1 fully saturated rings. The molecule has 170 valence electrons. The van der Waals surface area contributed by atoms with Crippen molar-refractivity contribution >= 4 is 27.8 Å². The Morgan fingerprint density at radius 1 is 1.24 bits per heavy atom. The second-order valence-corrected chi connectivity index (χ2v) is 8.50. The number of aromatic carboxylic acids is 1. The Balaban J connectivity index is 0.00000274. The minimum Gasteiger partial charge on any atom is -0.545 e. The maximum atomic E-state index is 12.2. The molecule has 0 bridgehead atoms. The summed E-state index contributed by atoms with van der Waals surface area (Å²) in [5.41, 5.74) is 3.33. The molecular formula is C26H24NNaO6. The Labute approximate surface area is 219 Å². The first-order chi connectivity index (χ1) is 15.9. The largest absolute Gasteiger partial charge is 1.00 e. The van der Waals surface area contributed by atoms with Gasteiger partial charge in [-0.2, -0.15) is 0 Å². The number of carbonyl (C=O) groups is 1. The number of nitrogens with zero attached hydrogens (tertiary/aromatic N) is 1. The van der Waals surface area contributed by atoms with Gasteiger partial charge in [0.05, 0.1) is 36.2 Å². The monoisotopic (exact) mass is 469 g/mol. The number of ether oxygens (including phenoxy) is 2. The third-order valence-corrected chi connectivity index (χ3v) is 6.34. The number of carbonyl (C=O) groups excluding carboxylic acids is 1. The van der Waals surface area contributed by atoms with Crippen molar-refractivity contribution in [3.63, 3.8) is 0 Å². The molecule has 7 nitrogen and oxygen atoms in total. The van der Waals surface area contributed by atoms with E-state index in [0.717, 1.165) is 16.5 Å². The van der Waals surface area contributed by atoms with Gasteiger partial charge in [0, 0.05) is 29.0 Å². The fourth-order valence-corrected chi connectivity index (χ4v) is 4.42. The van der Waals surface area contributed by atoms with Crippen LogP contribution in [0.3, 0.4) is 0 Å². The molecule has 0 aliphatic carbocycles. The van der Waals surface area contributed by atoms with E-state index in [0.29, 0.717) is 46.7 Å². The van der Waals surface area contributed by atoms with Crippen molar-refractivity contribution in [3.8, 4) is 17.2 Å². The number of para-hydroxylation sites is 1. The second-order valence-electron chi connectivity index (χ2n) is 8.50. The number of carboxylic acid groups (broad SMARTS) is 1. The second kappa shape index (κ2) is 10.1. The first kappa shape index (κ1) is 24.7. The van der Waals surface area contributed by atoms with Crippen molar-refractivity contribution in [2.75, 3.05) is 19.8 Å². The minimum absolute atomic E-state index is 0. The smallest absolute Gasteiger partial charge is 0.545 e. The fraction of sp³-hybridized carbons (Fsp3) is 0.308. The number of fused-ring (bicyclic) bond motifs is 2. The summed E-state index contributed by atoms with van der Waals surface area (Å²) in [6.45, 7) is 4.88. The van der Waals surface area contributed by atoms with Gasteiger partial charge in [0.2, 0.25) is 0 Å². The third-order valence-electron chi connectivity index (χ3n) is 6.34. The summed E-state index contributed by atoms with van der Waals surface area (Å²) >= 11 is 0. The van der Waals surface area contributed by atoms with E-state index in [-0.39, 0.29) is 54.3 Å². The van der Waals surface area contributed by atoms with Crippen molar-refractivity contribution in [2.45, 2.75) is 26.4 Å². The molecular weight excluding hydrogens is 445 g/mol. The number of hydrogen-bond acceptors (Lipinski definition) is 7. The van der Waals surface area contributed by atoms with E-state index in [2.05, 4.69) is 0 Å². The number of rotatable bonds is 5. The summed E-state index contributed by atoms with van der Waals surface area (Å²) in [6, 6.07) is 12.7. The molecule has 1 saturated heterocycles. The van der Waals surface area contributed by atoms with Gasteiger partial charge in [-0.05, 0) is 44.0 Å². The number of aliphatic hydroxyl groups is 1. The average molecular weight is 469 g/mol. The van der Waals surface area contributed by atoms with Crippen molar-refractivity contribution in [3.05, 3.63) is 59.2 Å². The fourth-order valence-electron chi connectivity index (χ4n) is 4.42. The number of furan rings is 1.